The summed E-state index contributed by atoms with van der Waals surface area (Å²) in [7, 11) is 1.63. The first-order valence-electron chi connectivity index (χ1n) is 11.3. The summed E-state index contributed by atoms with van der Waals surface area (Å²) in [6.07, 6.45) is 4.74. The first-order valence-corrected chi connectivity index (χ1v) is 11.3. The molecule has 3 saturated heterocycles. The number of nitrogens with zero attached hydrogens (tertiary/aromatic N) is 2. The Morgan fingerprint density at radius 2 is 2.09 bits per heavy atom. The molecule has 0 aliphatic carbocycles. The molecule has 4 heterocycles. The van der Waals surface area contributed by atoms with Crippen LogP contribution >= 0.6 is 17.0 Å². The number of ether oxygens (including phenoxy) is 1. The molecule has 0 radical (unpaired) electrons. The quantitative estimate of drug-likeness (QED) is 0.345. The zero-order valence-electron chi connectivity index (χ0n) is 18.8. The molecule has 0 amide bonds. The van der Waals surface area contributed by atoms with Crippen LogP contribution in [0.1, 0.15) is 30.1 Å². The van der Waals surface area contributed by atoms with Crippen molar-refractivity contribution in [1.82, 2.24) is 4.98 Å². The van der Waals surface area contributed by atoms with E-state index in [0.717, 1.165) is 42.4 Å². The van der Waals surface area contributed by atoms with Gasteiger partial charge in [0.25, 0.3) is 0 Å². The molecule has 4 nitrogen and oxygen atoms in total. The van der Waals surface area contributed by atoms with Crippen molar-refractivity contribution in [3.05, 3.63) is 84.3 Å². The molecule has 5 atom stereocenters. The molecule has 3 aliphatic rings. The maximum Gasteiger partial charge on any atom is 0.132 e. The summed E-state index contributed by atoms with van der Waals surface area (Å²) in [5.41, 5.74) is 2.24. The molecular weight excluding hydrogens is 483 g/mol. The van der Waals surface area contributed by atoms with Crippen LogP contribution in [0.5, 0.6) is 5.75 Å². The Hall–Kier alpha value is -2.28. The maximum absolute atomic E-state index is 14.7. The van der Waals surface area contributed by atoms with Crippen molar-refractivity contribution < 1.29 is 18.7 Å². The summed E-state index contributed by atoms with van der Waals surface area (Å²) >= 11 is 0. The predicted molar refractivity (Wildman–Crippen MR) is 132 cm³/mol. The Labute approximate surface area is 205 Å². The number of quaternary nitrogens is 1. The summed E-state index contributed by atoms with van der Waals surface area (Å²) in [4.78, 5) is 4.45. The van der Waals surface area contributed by atoms with Crippen molar-refractivity contribution in [2.24, 2.45) is 11.8 Å². The Bertz CT molecular complexity index is 1160. The van der Waals surface area contributed by atoms with Gasteiger partial charge in [0.2, 0.25) is 0 Å². The van der Waals surface area contributed by atoms with Crippen molar-refractivity contribution in [2.45, 2.75) is 31.5 Å². The van der Waals surface area contributed by atoms with E-state index in [0.29, 0.717) is 34.2 Å². The van der Waals surface area contributed by atoms with Crippen molar-refractivity contribution in [1.29, 1.82) is 0 Å². The molecule has 0 N–H and O–H groups in total. The number of fused-ring (bicyclic) bond motifs is 4. The molecule has 4 unspecified atom stereocenters. The Balaban J connectivity index is 0.00000259. The molecule has 2 aromatic carbocycles. The molecule has 2 bridgehead atoms. The molecule has 174 valence electrons. The highest BCUT2D eigenvalue weighted by molar-refractivity contribution is 8.93. The fourth-order valence-electron chi connectivity index (χ4n) is 6.06. The lowest BCUT2D eigenvalue weighted by atomic mass is 9.71. The van der Waals surface area contributed by atoms with Crippen LogP contribution in [0.2, 0.25) is 0 Å². The van der Waals surface area contributed by atoms with E-state index >= 15 is 0 Å². The lowest BCUT2D eigenvalue weighted by Crippen LogP contribution is -2.68. The number of halogens is 2. The van der Waals surface area contributed by atoms with E-state index < -0.39 is 6.10 Å². The van der Waals surface area contributed by atoms with Gasteiger partial charge in [-0.05, 0) is 47.9 Å². The molecule has 3 aliphatic heterocycles. The second-order valence-electron chi connectivity index (χ2n) is 9.33. The average molecular weight is 513 g/mol. The molecule has 1 aromatic heterocycles. The van der Waals surface area contributed by atoms with Crippen LogP contribution in [-0.2, 0) is 6.54 Å². The second-order valence-corrected chi connectivity index (χ2v) is 9.33. The third-order valence-electron chi connectivity index (χ3n) is 7.76. The van der Waals surface area contributed by atoms with E-state index in [1.807, 2.05) is 42.5 Å². The lowest BCUT2D eigenvalue weighted by Gasteiger charge is -2.60. The van der Waals surface area contributed by atoms with Crippen LogP contribution in [0.25, 0.3) is 10.9 Å². The Morgan fingerprint density at radius 3 is 2.85 bits per heavy atom. The Morgan fingerprint density at radius 1 is 1.27 bits per heavy atom. The van der Waals surface area contributed by atoms with Crippen LogP contribution < -0.4 is 9.84 Å². The number of hydrogen-bond donors (Lipinski definition) is 0. The molecule has 3 aromatic rings. The van der Waals surface area contributed by atoms with E-state index in [4.69, 9.17) is 4.74 Å². The second kappa shape index (κ2) is 9.53. The third-order valence-corrected chi connectivity index (χ3v) is 7.76. The summed E-state index contributed by atoms with van der Waals surface area (Å²) in [6, 6.07) is 14.4. The molecule has 6 heteroatoms. The van der Waals surface area contributed by atoms with E-state index in [-0.39, 0.29) is 28.8 Å². The monoisotopic (exact) mass is 512 g/mol. The van der Waals surface area contributed by atoms with Crippen molar-refractivity contribution >= 4 is 27.9 Å². The van der Waals surface area contributed by atoms with Crippen molar-refractivity contribution in [2.75, 3.05) is 20.2 Å². The van der Waals surface area contributed by atoms with Gasteiger partial charge < -0.3 is 14.3 Å². The van der Waals surface area contributed by atoms with Gasteiger partial charge in [0, 0.05) is 35.9 Å². The summed E-state index contributed by atoms with van der Waals surface area (Å²) in [6.45, 7) is 6.35. The van der Waals surface area contributed by atoms with Gasteiger partial charge in [-0.2, -0.15) is 0 Å². The zero-order chi connectivity index (χ0) is 22.3. The van der Waals surface area contributed by atoms with Gasteiger partial charge in [-0.1, -0.05) is 24.3 Å². The number of pyridine rings is 1. The first kappa shape index (κ1) is 23.9. The number of hydrogen-bond acceptors (Lipinski definition) is 3. The van der Waals surface area contributed by atoms with Gasteiger partial charge in [0.1, 0.15) is 18.1 Å². The van der Waals surface area contributed by atoms with E-state index in [9.17, 15) is 9.50 Å². The summed E-state index contributed by atoms with van der Waals surface area (Å²) in [5.74, 6) is 1.36. The molecule has 6 rings (SSSR count). The standard InChI is InChI=1S/C27H29FN2O2.BrH/c1-3-18-16-30(17-20-6-4-5-7-24(20)28)13-11-19(18)14-26(30)27(31)22-10-12-29-25-9-8-21(32-2)15-23(22)25;/h3-10,12,15,18-19,26-27H,1,11,13-14,16-17H2,2H3;1H/t18?,19?,26?,27-,30?;/m1./s1. The summed E-state index contributed by atoms with van der Waals surface area (Å²) in [5, 5.41) is 15.0. The number of aromatic nitrogens is 1. The van der Waals surface area contributed by atoms with Gasteiger partial charge in [-0.15, -0.1) is 23.6 Å². The number of rotatable bonds is 6. The highest BCUT2D eigenvalue weighted by Crippen LogP contribution is 2.47. The van der Waals surface area contributed by atoms with Crippen molar-refractivity contribution in [3.8, 4) is 5.75 Å². The minimum absolute atomic E-state index is 0. The van der Waals surface area contributed by atoms with Crippen LogP contribution in [0.3, 0.4) is 0 Å². The SMILES string of the molecule is Br.C=CC1C[N+]2(Cc3ccccc3F)CCC1CC2[C@H]([O-])c1ccnc2ccc(OC)cc12. The van der Waals surface area contributed by atoms with Gasteiger partial charge in [-0.25, -0.2) is 4.39 Å². The maximum atomic E-state index is 14.7. The largest absolute Gasteiger partial charge is 0.844 e. The molecule has 33 heavy (non-hydrogen) atoms. The highest BCUT2D eigenvalue weighted by atomic mass is 79.9. The first-order chi connectivity index (χ1) is 15.5. The van der Waals surface area contributed by atoms with Crippen LogP contribution in [0, 0.1) is 17.7 Å². The highest BCUT2D eigenvalue weighted by Gasteiger charge is 2.52. The van der Waals surface area contributed by atoms with Gasteiger partial charge in [0.05, 0.1) is 31.8 Å². The van der Waals surface area contributed by atoms with Crippen molar-refractivity contribution in [3.63, 3.8) is 0 Å². The van der Waals surface area contributed by atoms with Crippen LogP contribution in [0.15, 0.2) is 67.4 Å². The minimum atomic E-state index is -0.923. The van der Waals surface area contributed by atoms with Crippen LogP contribution in [0.4, 0.5) is 4.39 Å². The molecule has 3 fully saturated rings. The Kier molecular flexibility index (Phi) is 6.89. The van der Waals surface area contributed by atoms with E-state index in [2.05, 4.69) is 11.6 Å². The predicted octanol–water partition coefficient (Wildman–Crippen LogP) is 4.97. The minimum Gasteiger partial charge on any atom is -0.844 e. The summed E-state index contributed by atoms with van der Waals surface area (Å²) < 4.78 is 20.7. The van der Waals surface area contributed by atoms with E-state index in [1.54, 1.807) is 19.4 Å². The fourth-order valence-corrected chi connectivity index (χ4v) is 6.06. The number of methoxy groups -OCH3 is 1. The molecule has 0 spiro atoms. The van der Waals surface area contributed by atoms with E-state index in [1.165, 1.54) is 6.07 Å². The lowest BCUT2D eigenvalue weighted by molar-refractivity contribution is -0.990. The van der Waals surface area contributed by atoms with Crippen LogP contribution in [-0.4, -0.2) is 35.7 Å². The smallest absolute Gasteiger partial charge is 0.132 e. The molecule has 0 saturated carbocycles. The molecular formula is C27H30BrFN2O2. The topological polar surface area (TPSA) is 45.2 Å². The normalized spacial score (nSPS) is 27.1. The van der Waals surface area contributed by atoms with Gasteiger partial charge >= 0.3 is 0 Å². The fraction of sp³-hybridized carbons (Fsp3) is 0.370. The number of benzene rings is 2. The average Bonchev–Trinajstić information content (AvgIpc) is 2.84. The zero-order valence-corrected chi connectivity index (χ0v) is 20.5. The number of piperidine rings is 3. The van der Waals surface area contributed by atoms with Gasteiger partial charge in [0.15, 0.2) is 0 Å². The third kappa shape index (κ3) is 4.20. The van der Waals surface area contributed by atoms with Gasteiger partial charge in [-0.3, -0.25) is 4.98 Å².